The normalized spacial score (nSPS) is 20.1. The smallest absolute Gasteiger partial charge is 0.407 e. The number of carbonyl (C=O) groups excluding carboxylic acids is 1. The Bertz CT molecular complexity index is 405. The first-order chi connectivity index (χ1) is 8.69. The quantitative estimate of drug-likeness (QED) is 0.832. The van der Waals surface area contributed by atoms with E-state index < -0.39 is 0 Å². The summed E-state index contributed by atoms with van der Waals surface area (Å²) in [7, 11) is 0. The molecule has 3 N–H and O–H groups in total. The molecule has 1 fully saturated rings. The topological polar surface area (TPSA) is 73.6 Å². The molecular weight excluding hydrogens is 232 g/mol. The standard InChI is InChI=1S/C13H18N2O3/c1-2-12(14)9-3-5-10(6-4-9)17-8-11-7-15-13(16)18-11/h3-6,11-12H,2,7-8,14H2,1H3,(H,15,16). The molecule has 5 heteroatoms. The van der Waals surface area contributed by atoms with Crippen LogP contribution in [0.3, 0.4) is 0 Å². The molecule has 1 aliphatic heterocycles. The molecule has 1 heterocycles. The maximum absolute atomic E-state index is 10.8. The molecule has 0 aromatic heterocycles. The van der Waals surface area contributed by atoms with Gasteiger partial charge in [-0.2, -0.15) is 0 Å². The van der Waals surface area contributed by atoms with E-state index in [9.17, 15) is 4.79 Å². The minimum atomic E-state index is -0.382. The summed E-state index contributed by atoms with van der Waals surface area (Å²) in [4.78, 5) is 10.8. The molecular formula is C13H18N2O3. The highest BCUT2D eigenvalue weighted by Gasteiger charge is 2.22. The second-order valence-electron chi connectivity index (χ2n) is 4.30. The third-order valence-electron chi connectivity index (χ3n) is 2.93. The van der Waals surface area contributed by atoms with Gasteiger partial charge < -0.3 is 20.5 Å². The summed E-state index contributed by atoms with van der Waals surface area (Å²) in [6.07, 6.45) is 0.312. The van der Waals surface area contributed by atoms with Crippen LogP contribution in [0.15, 0.2) is 24.3 Å². The van der Waals surface area contributed by atoms with E-state index in [0.29, 0.717) is 13.2 Å². The summed E-state index contributed by atoms with van der Waals surface area (Å²) in [5.41, 5.74) is 7.02. The zero-order valence-corrected chi connectivity index (χ0v) is 10.4. The Balaban J connectivity index is 1.84. The third-order valence-corrected chi connectivity index (χ3v) is 2.93. The number of alkyl carbamates (subject to hydrolysis) is 1. The summed E-state index contributed by atoms with van der Waals surface area (Å²) in [6, 6.07) is 7.76. The molecule has 18 heavy (non-hydrogen) atoms. The fraction of sp³-hybridized carbons (Fsp3) is 0.462. The van der Waals surface area contributed by atoms with Gasteiger partial charge in [0.05, 0.1) is 6.54 Å². The van der Waals surface area contributed by atoms with E-state index in [0.717, 1.165) is 17.7 Å². The Morgan fingerprint density at radius 2 is 2.22 bits per heavy atom. The molecule has 2 atom stereocenters. The predicted octanol–water partition coefficient (Wildman–Crippen LogP) is 1.58. The average molecular weight is 250 g/mol. The lowest BCUT2D eigenvalue weighted by Gasteiger charge is -2.12. The van der Waals surface area contributed by atoms with E-state index >= 15 is 0 Å². The van der Waals surface area contributed by atoms with E-state index in [1.165, 1.54) is 0 Å². The van der Waals surface area contributed by atoms with Gasteiger partial charge in [-0.05, 0) is 24.1 Å². The summed E-state index contributed by atoms with van der Waals surface area (Å²) in [5.74, 6) is 0.755. The van der Waals surface area contributed by atoms with E-state index in [-0.39, 0.29) is 18.2 Å². The first-order valence-electron chi connectivity index (χ1n) is 6.12. The fourth-order valence-corrected chi connectivity index (χ4v) is 1.76. The zero-order valence-electron chi connectivity index (χ0n) is 10.4. The van der Waals surface area contributed by atoms with Crippen LogP contribution < -0.4 is 15.8 Å². The molecule has 5 nitrogen and oxygen atoms in total. The zero-order chi connectivity index (χ0) is 13.0. The van der Waals surface area contributed by atoms with E-state index in [2.05, 4.69) is 12.2 Å². The molecule has 1 aromatic carbocycles. The molecule has 1 aromatic rings. The van der Waals surface area contributed by atoms with Crippen molar-refractivity contribution in [1.82, 2.24) is 5.32 Å². The number of nitrogens with one attached hydrogen (secondary N) is 1. The van der Waals surface area contributed by atoms with Gasteiger partial charge in [0.25, 0.3) is 0 Å². The number of hydrogen-bond acceptors (Lipinski definition) is 4. The Kier molecular flexibility index (Phi) is 4.04. The van der Waals surface area contributed by atoms with Crippen molar-refractivity contribution in [3.63, 3.8) is 0 Å². The van der Waals surface area contributed by atoms with Gasteiger partial charge in [-0.15, -0.1) is 0 Å². The number of benzene rings is 1. The summed E-state index contributed by atoms with van der Waals surface area (Å²) >= 11 is 0. The van der Waals surface area contributed by atoms with Gasteiger partial charge in [0.1, 0.15) is 12.4 Å². The Morgan fingerprint density at radius 3 is 2.78 bits per heavy atom. The van der Waals surface area contributed by atoms with Gasteiger partial charge in [0, 0.05) is 6.04 Å². The maximum atomic E-state index is 10.8. The lowest BCUT2D eigenvalue weighted by molar-refractivity contribution is 0.105. The second-order valence-corrected chi connectivity index (χ2v) is 4.30. The molecule has 98 valence electrons. The molecule has 1 aliphatic rings. The SMILES string of the molecule is CCC(N)c1ccc(OCC2CNC(=O)O2)cc1. The molecule has 2 unspecified atom stereocenters. The number of hydrogen-bond donors (Lipinski definition) is 2. The molecule has 0 radical (unpaired) electrons. The number of cyclic esters (lactones) is 1. The van der Waals surface area contributed by atoms with Crippen molar-refractivity contribution in [1.29, 1.82) is 0 Å². The van der Waals surface area contributed by atoms with Crippen molar-refractivity contribution in [2.45, 2.75) is 25.5 Å². The monoisotopic (exact) mass is 250 g/mol. The number of nitrogens with two attached hydrogens (primary N) is 1. The lowest BCUT2D eigenvalue weighted by atomic mass is 10.1. The summed E-state index contributed by atoms with van der Waals surface area (Å²) < 4.78 is 10.5. The Hall–Kier alpha value is -1.75. The van der Waals surface area contributed by atoms with Crippen molar-refractivity contribution in [3.8, 4) is 5.75 Å². The Labute approximate surface area is 106 Å². The van der Waals surface area contributed by atoms with Gasteiger partial charge in [0.15, 0.2) is 6.10 Å². The van der Waals surface area contributed by atoms with Crippen molar-refractivity contribution in [2.75, 3.05) is 13.2 Å². The highest BCUT2D eigenvalue weighted by Crippen LogP contribution is 2.18. The second kappa shape index (κ2) is 5.73. The maximum Gasteiger partial charge on any atom is 0.407 e. The van der Waals surface area contributed by atoms with Gasteiger partial charge in [0.2, 0.25) is 0 Å². The van der Waals surface area contributed by atoms with Crippen LogP contribution >= 0.6 is 0 Å². The van der Waals surface area contributed by atoms with Crippen LogP contribution in [0.25, 0.3) is 0 Å². The Morgan fingerprint density at radius 1 is 1.50 bits per heavy atom. The van der Waals surface area contributed by atoms with Crippen LogP contribution in [-0.2, 0) is 4.74 Å². The van der Waals surface area contributed by atoms with E-state index in [4.69, 9.17) is 15.2 Å². The van der Waals surface area contributed by atoms with Crippen LogP contribution in [0.4, 0.5) is 4.79 Å². The fourth-order valence-electron chi connectivity index (χ4n) is 1.76. The van der Waals surface area contributed by atoms with Gasteiger partial charge in [-0.3, -0.25) is 0 Å². The first kappa shape index (κ1) is 12.7. The predicted molar refractivity (Wildman–Crippen MR) is 67.4 cm³/mol. The van der Waals surface area contributed by atoms with Crippen molar-refractivity contribution < 1.29 is 14.3 Å². The molecule has 1 saturated heterocycles. The van der Waals surface area contributed by atoms with Crippen molar-refractivity contribution in [3.05, 3.63) is 29.8 Å². The van der Waals surface area contributed by atoms with Crippen LogP contribution in [0, 0.1) is 0 Å². The lowest BCUT2D eigenvalue weighted by Crippen LogP contribution is -2.21. The van der Waals surface area contributed by atoms with Crippen LogP contribution in [0.5, 0.6) is 5.75 Å². The van der Waals surface area contributed by atoms with Gasteiger partial charge >= 0.3 is 6.09 Å². The summed E-state index contributed by atoms with van der Waals surface area (Å²) in [6.45, 7) is 2.91. The van der Waals surface area contributed by atoms with Crippen molar-refractivity contribution in [2.24, 2.45) is 5.73 Å². The minimum absolute atomic E-state index is 0.0686. The first-order valence-corrected chi connectivity index (χ1v) is 6.12. The van der Waals surface area contributed by atoms with E-state index in [1.54, 1.807) is 0 Å². The minimum Gasteiger partial charge on any atom is -0.490 e. The highest BCUT2D eigenvalue weighted by atomic mass is 16.6. The average Bonchev–Trinajstić information content (AvgIpc) is 2.82. The number of carbonyl (C=O) groups is 1. The molecule has 0 saturated carbocycles. The molecule has 0 bridgehead atoms. The molecule has 0 spiro atoms. The van der Waals surface area contributed by atoms with Gasteiger partial charge in [-0.1, -0.05) is 19.1 Å². The number of ether oxygens (including phenoxy) is 2. The van der Waals surface area contributed by atoms with Crippen LogP contribution in [-0.4, -0.2) is 25.3 Å². The molecule has 0 aliphatic carbocycles. The van der Waals surface area contributed by atoms with Crippen LogP contribution in [0.2, 0.25) is 0 Å². The van der Waals surface area contributed by atoms with E-state index in [1.807, 2.05) is 24.3 Å². The number of rotatable bonds is 5. The molecule has 1 amide bonds. The molecule has 2 rings (SSSR count). The van der Waals surface area contributed by atoms with Gasteiger partial charge in [-0.25, -0.2) is 4.79 Å². The van der Waals surface area contributed by atoms with Crippen LogP contribution in [0.1, 0.15) is 24.9 Å². The summed E-state index contributed by atoms with van der Waals surface area (Å²) in [5, 5.41) is 2.58. The number of amides is 1. The third kappa shape index (κ3) is 3.13. The highest BCUT2D eigenvalue weighted by molar-refractivity contribution is 5.69. The van der Waals surface area contributed by atoms with Crippen molar-refractivity contribution >= 4 is 6.09 Å². The largest absolute Gasteiger partial charge is 0.490 e.